The van der Waals surface area contributed by atoms with Crippen molar-refractivity contribution >= 4 is 21.6 Å². The van der Waals surface area contributed by atoms with Crippen molar-refractivity contribution in [2.45, 2.75) is 17.9 Å². The quantitative estimate of drug-likeness (QED) is 0.802. The van der Waals surface area contributed by atoms with E-state index < -0.39 is 10.0 Å². The van der Waals surface area contributed by atoms with Gasteiger partial charge in [-0.15, -0.1) is 0 Å². The first-order valence-electron chi connectivity index (χ1n) is 6.86. The van der Waals surface area contributed by atoms with Crippen LogP contribution in [-0.4, -0.2) is 42.2 Å². The third kappa shape index (κ3) is 3.32. The van der Waals surface area contributed by atoms with E-state index in [1.165, 1.54) is 30.9 Å². The minimum absolute atomic E-state index is 0.0489. The second-order valence-electron chi connectivity index (χ2n) is 5.07. The molecule has 1 aromatic carbocycles. The van der Waals surface area contributed by atoms with E-state index in [4.69, 9.17) is 4.74 Å². The molecule has 0 fully saturated rings. The Balaban J connectivity index is 1.75. The third-order valence-electron chi connectivity index (χ3n) is 3.35. The molecule has 2 N–H and O–H groups in total. The van der Waals surface area contributed by atoms with Crippen LogP contribution >= 0.6 is 0 Å². The highest BCUT2D eigenvalue weighted by Crippen LogP contribution is 2.29. The molecule has 0 spiro atoms. The SMILES string of the molecule is C[C@H](CNS(=O)(=O)c1ccc2c(c1)NC(=O)CO2)n1cncn1. The van der Waals surface area contributed by atoms with E-state index in [2.05, 4.69) is 20.1 Å². The molecule has 3 rings (SSSR count). The monoisotopic (exact) mass is 337 g/mol. The van der Waals surface area contributed by atoms with Crippen LogP contribution in [0.25, 0.3) is 0 Å². The number of rotatable bonds is 5. The topological polar surface area (TPSA) is 115 Å². The minimum Gasteiger partial charge on any atom is -0.482 e. The number of hydrogen-bond donors (Lipinski definition) is 2. The van der Waals surface area contributed by atoms with E-state index in [1.54, 1.807) is 4.68 Å². The average molecular weight is 337 g/mol. The third-order valence-corrected chi connectivity index (χ3v) is 4.77. The molecule has 9 nitrogen and oxygen atoms in total. The molecule has 2 heterocycles. The fraction of sp³-hybridized carbons (Fsp3) is 0.308. The van der Waals surface area contributed by atoms with Crippen molar-refractivity contribution in [3.8, 4) is 5.75 Å². The zero-order valence-electron chi connectivity index (χ0n) is 12.3. The van der Waals surface area contributed by atoms with Gasteiger partial charge in [0.2, 0.25) is 10.0 Å². The van der Waals surface area contributed by atoms with E-state index in [1.807, 2.05) is 6.92 Å². The molecule has 122 valence electrons. The highest BCUT2D eigenvalue weighted by Gasteiger charge is 2.21. The van der Waals surface area contributed by atoms with Gasteiger partial charge in [-0.05, 0) is 25.1 Å². The van der Waals surface area contributed by atoms with Crippen molar-refractivity contribution in [2.75, 3.05) is 18.5 Å². The van der Waals surface area contributed by atoms with E-state index in [9.17, 15) is 13.2 Å². The number of aromatic nitrogens is 3. The number of carbonyl (C=O) groups is 1. The number of ether oxygens (including phenoxy) is 1. The summed E-state index contributed by atoms with van der Waals surface area (Å²) >= 11 is 0. The lowest BCUT2D eigenvalue weighted by Crippen LogP contribution is -2.30. The number of anilines is 1. The van der Waals surface area contributed by atoms with Crippen LogP contribution in [0.15, 0.2) is 35.7 Å². The number of nitrogens with zero attached hydrogens (tertiary/aromatic N) is 3. The predicted octanol–water partition coefficient (Wildman–Crippen LogP) is 0.148. The predicted molar refractivity (Wildman–Crippen MR) is 80.5 cm³/mol. The summed E-state index contributed by atoms with van der Waals surface area (Å²) in [7, 11) is -3.72. The molecular weight excluding hydrogens is 322 g/mol. The fourth-order valence-corrected chi connectivity index (χ4v) is 3.23. The Bertz CT molecular complexity index is 819. The first-order valence-corrected chi connectivity index (χ1v) is 8.34. The molecule has 1 aromatic heterocycles. The fourth-order valence-electron chi connectivity index (χ4n) is 2.08. The largest absolute Gasteiger partial charge is 0.482 e. The Morgan fingerprint density at radius 3 is 3.04 bits per heavy atom. The summed E-state index contributed by atoms with van der Waals surface area (Å²) in [6.45, 7) is 1.90. The van der Waals surface area contributed by atoms with Crippen LogP contribution in [0.3, 0.4) is 0 Å². The Kier molecular flexibility index (Phi) is 4.01. The van der Waals surface area contributed by atoms with Gasteiger partial charge in [-0.25, -0.2) is 22.8 Å². The molecule has 1 amide bonds. The van der Waals surface area contributed by atoms with Gasteiger partial charge in [-0.3, -0.25) is 4.79 Å². The lowest BCUT2D eigenvalue weighted by molar-refractivity contribution is -0.118. The smallest absolute Gasteiger partial charge is 0.262 e. The van der Waals surface area contributed by atoms with Crippen molar-refractivity contribution < 1.29 is 17.9 Å². The van der Waals surface area contributed by atoms with Gasteiger partial charge >= 0.3 is 0 Å². The van der Waals surface area contributed by atoms with Gasteiger partial charge in [-0.1, -0.05) is 0 Å². The number of nitrogens with one attached hydrogen (secondary N) is 2. The summed E-state index contributed by atoms with van der Waals surface area (Å²) in [4.78, 5) is 15.2. The lowest BCUT2D eigenvalue weighted by atomic mass is 10.2. The van der Waals surface area contributed by atoms with E-state index in [0.717, 1.165) is 0 Å². The summed E-state index contributed by atoms with van der Waals surface area (Å²) in [5, 5.41) is 6.54. The zero-order chi connectivity index (χ0) is 16.4. The summed E-state index contributed by atoms with van der Waals surface area (Å²) in [5.41, 5.74) is 0.341. The molecule has 1 aliphatic rings. The van der Waals surface area contributed by atoms with Crippen molar-refractivity contribution in [1.82, 2.24) is 19.5 Å². The van der Waals surface area contributed by atoms with Gasteiger partial charge in [0.05, 0.1) is 16.6 Å². The maximum atomic E-state index is 12.4. The van der Waals surface area contributed by atoms with Crippen LogP contribution in [0.4, 0.5) is 5.69 Å². The Morgan fingerprint density at radius 1 is 1.48 bits per heavy atom. The normalized spacial score (nSPS) is 15.4. The van der Waals surface area contributed by atoms with Crippen molar-refractivity contribution in [2.24, 2.45) is 0 Å². The molecule has 0 unspecified atom stereocenters. The molecule has 1 atom stereocenters. The van der Waals surface area contributed by atoms with Gasteiger partial charge in [0.1, 0.15) is 18.4 Å². The highest BCUT2D eigenvalue weighted by atomic mass is 32.2. The lowest BCUT2D eigenvalue weighted by Gasteiger charge is -2.19. The summed E-state index contributed by atoms with van der Waals surface area (Å²) < 4.78 is 34.0. The van der Waals surface area contributed by atoms with Crippen molar-refractivity contribution in [3.05, 3.63) is 30.9 Å². The van der Waals surface area contributed by atoms with Gasteiger partial charge in [0.15, 0.2) is 6.61 Å². The molecule has 23 heavy (non-hydrogen) atoms. The molecule has 0 aliphatic carbocycles. The van der Waals surface area contributed by atoms with E-state index in [0.29, 0.717) is 11.4 Å². The Morgan fingerprint density at radius 2 is 2.30 bits per heavy atom. The molecular formula is C13H15N5O4S. The Hall–Kier alpha value is -2.46. The minimum atomic E-state index is -3.72. The first kappa shape index (κ1) is 15.4. The van der Waals surface area contributed by atoms with Crippen LogP contribution in [0.5, 0.6) is 5.75 Å². The maximum absolute atomic E-state index is 12.4. The number of fused-ring (bicyclic) bond motifs is 1. The number of sulfonamides is 1. The molecule has 0 bridgehead atoms. The molecule has 2 aromatic rings. The molecule has 1 aliphatic heterocycles. The molecule has 0 saturated carbocycles. The summed E-state index contributed by atoms with van der Waals surface area (Å²) in [6.07, 6.45) is 2.90. The van der Waals surface area contributed by atoms with Crippen molar-refractivity contribution in [1.29, 1.82) is 0 Å². The van der Waals surface area contributed by atoms with Gasteiger partial charge in [0, 0.05) is 6.54 Å². The second-order valence-corrected chi connectivity index (χ2v) is 6.84. The maximum Gasteiger partial charge on any atom is 0.262 e. The highest BCUT2D eigenvalue weighted by molar-refractivity contribution is 7.89. The van der Waals surface area contributed by atoms with E-state index >= 15 is 0 Å². The molecule has 10 heteroatoms. The van der Waals surface area contributed by atoms with Gasteiger partial charge in [0.25, 0.3) is 5.91 Å². The van der Waals surface area contributed by atoms with Crippen LogP contribution in [-0.2, 0) is 14.8 Å². The zero-order valence-corrected chi connectivity index (χ0v) is 13.1. The number of hydrogen-bond acceptors (Lipinski definition) is 6. The van der Waals surface area contributed by atoms with Crippen LogP contribution in [0.1, 0.15) is 13.0 Å². The molecule has 0 radical (unpaired) electrons. The van der Waals surface area contributed by atoms with Crippen molar-refractivity contribution in [3.63, 3.8) is 0 Å². The average Bonchev–Trinajstić information content (AvgIpc) is 3.06. The second kappa shape index (κ2) is 5.97. The van der Waals surface area contributed by atoms with Crippen LogP contribution < -0.4 is 14.8 Å². The first-order chi connectivity index (χ1) is 11.0. The van der Waals surface area contributed by atoms with Crippen LogP contribution in [0, 0.1) is 0 Å². The summed E-state index contributed by atoms with van der Waals surface area (Å²) in [5.74, 6) is 0.124. The molecule has 0 saturated heterocycles. The number of carbonyl (C=O) groups excluding carboxylic acids is 1. The van der Waals surface area contributed by atoms with E-state index in [-0.39, 0.29) is 30.0 Å². The summed E-state index contributed by atoms with van der Waals surface area (Å²) in [6, 6.07) is 4.13. The van der Waals surface area contributed by atoms with Gasteiger partial charge in [-0.2, -0.15) is 5.10 Å². The standard InChI is InChI=1S/C13H15N5O4S/c1-9(18-8-14-7-15-18)5-16-23(20,21)10-2-3-12-11(4-10)17-13(19)6-22-12/h2-4,7-9,16H,5-6H2,1H3,(H,17,19)/t9-/m1/s1. The van der Waals surface area contributed by atoms with Gasteiger partial charge < -0.3 is 10.1 Å². The van der Waals surface area contributed by atoms with Crippen LogP contribution in [0.2, 0.25) is 0 Å². The number of benzene rings is 1. The Labute approximate surface area is 132 Å². The number of amides is 1.